The number of benzene rings is 2. The molecule has 0 aliphatic carbocycles. The fourth-order valence-corrected chi connectivity index (χ4v) is 4.48. The first kappa shape index (κ1) is 23.7. The minimum Gasteiger partial charge on any atom is -0.352 e. The van der Waals surface area contributed by atoms with Gasteiger partial charge in [0.05, 0.1) is 5.39 Å². The van der Waals surface area contributed by atoms with Crippen LogP contribution in [-0.4, -0.2) is 39.6 Å². The molecule has 0 spiro atoms. The number of nitrogens with zero attached hydrogens (tertiary/aromatic N) is 3. The highest BCUT2D eigenvalue weighted by atomic mass is 16.2. The molecule has 1 aromatic heterocycles. The number of amides is 2. The van der Waals surface area contributed by atoms with Crippen molar-refractivity contribution in [3.8, 4) is 0 Å². The molecule has 1 aliphatic heterocycles. The van der Waals surface area contributed by atoms with Gasteiger partial charge in [-0.25, -0.2) is 4.68 Å². The van der Waals surface area contributed by atoms with Gasteiger partial charge in [0, 0.05) is 37.5 Å². The summed E-state index contributed by atoms with van der Waals surface area (Å²) in [5.74, 6) is -0.256. The number of likely N-dealkylation sites (tertiary alicyclic amines) is 1. The zero-order chi connectivity index (χ0) is 23.9. The molecule has 0 saturated carbocycles. The topological polar surface area (TPSA) is 84.3 Å². The van der Waals surface area contributed by atoms with E-state index in [2.05, 4.69) is 17.3 Å². The van der Waals surface area contributed by atoms with Crippen LogP contribution in [-0.2, 0) is 17.9 Å². The second kappa shape index (κ2) is 11.1. The zero-order valence-corrected chi connectivity index (χ0v) is 19.7. The Morgan fingerprint density at radius 2 is 1.65 bits per heavy atom. The molecule has 7 nitrogen and oxygen atoms in total. The average Bonchev–Trinajstić information content (AvgIpc) is 2.89. The van der Waals surface area contributed by atoms with Crippen LogP contribution in [0.4, 0.5) is 0 Å². The molecule has 1 fully saturated rings. The lowest BCUT2D eigenvalue weighted by Gasteiger charge is -2.31. The molecular formula is C27H32N4O3. The van der Waals surface area contributed by atoms with Crippen molar-refractivity contribution >= 4 is 22.6 Å². The smallest absolute Gasteiger partial charge is 0.274 e. The van der Waals surface area contributed by atoms with E-state index in [9.17, 15) is 14.4 Å². The maximum atomic E-state index is 13.4. The summed E-state index contributed by atoms with van der Waals surface area (Å²) in [4.78, 5) is 40.7. The molecule has 2 heterocycles. The number of fused-ring (bicyclic) bond motifs is 1. The number of carbonyl (C=O) groups is 2. The third-order valence-electron chi connectivity index (χ3n) is 6.51. The third-order valence-corrected chi connectivity index (χ3v) is 6.51. The Labute approximate surface area is 199 Å². The minimum atomic E-state index is -0.177. The van der Waals surface area contributed by atoms with Crippen molar-refractivity contribution in [1.82, 2.24) is 20.0 Å². The van der Waals surface area contributed by atoms with Crippen LogP contribution in [0.25, 0.3) is 10.8 Å². The molecule has 2 aromatic carbocycles. The van der Waals surface area contributed by atoms with Gasteiger partial charge in [-0.15, -0.1) is 0 Å². The first-order chi connectivity index (χ1) is 16.6. The minimum absolute atomic E-state index is 0.0315. The molecule has 4 rings (SSSR count). The van der Waals surface area contributed by atoms with Crippen LogP contribution in [0.15, 0.2) is 59.4 Å². The van der Waals surface area contributed by atoms with Crippen LogP contribution in [0.1, 0.15) is 55.1 Å². The predicted octanol–water partition coefficient (Wildman–Crippen LogP) is 3.76. The fourth-order valence-electron chi connectivity index (χ4n) is 4.48. The molecule has 3 aromatic rings. The van der Waals surface area contributed by atoms with E-state index in [1.807, 2.05) is 42.5 Å². The lowest BCUT2D eigenvalue weighted by atomic mass is 9.95. The highest BCUT2D eigenvalue weighted by Crippen LogP contribution is 2.22. The van der Waals surface area contributed by atoms with Crippen molar-refractivity contribution in [3.63, 3.8) is 0 Å². The highest BCUT2D eigenvalue weighted by molar-refractivity contribution is 6.04. The predicted molar refractivity (Wildman–Crippen MR) is 132 cm³/mol. The average molecular weight is 461 g/mol. The van der Waals surface area contributed by atoms with E-state index in [1.165, 1.54) is 4.68 Å². The van der Waals surface area contributed by atoms with Gasteiger partial charge in [0.2, 0.25) is 5.91 Å². The quantitative estimate of drug-likeness (QED) is 0.519. The summed E-state index contributed by atoms with van der Waals surface area (Å²) in [6.07, 6.45) is 4.12. The molecule has 0 atom stereocenters. The van der Waals surface area contributed by atoms with E-state index in [1.54, 1.807) is 17.0 Å². The highest BCUT2D eigenvalue weighted by Gasteiger charge is 2.29. The van der Waals surface area contributed by atoms with Crippen LogP contribution >= 0.6 is 0 Å². The molecule has 0 unspecified atom stereocenters. The van der Waals surface area contributed by atoms with Gasteiger partial charge in [-0.05, 0) is 30.9 Å². The van der Waals surface area contributed by atoms with Crippen LogP contribution in [0, 0.1) is 5.92 Å². The van der Waals surface area contributed by atoms with Gasteiger partial charge in [-0.3, -0.25) is 14.4 Å². The largest absolute Gasteiger partial charge is 0.352 e. The van der Waals surface area contributed by atoms with Crippen LogP contribution in [0.3, 0.4) is 0 Å². The van der Waals surface area contributed by atoms with Gasteiger partial charge < -0.3 is 10.2 Å². The molecule has 1 N–H and O–H groups in total. The van der Waals surface area contributed by atoms with Gasteiger partial charge in [0.1, 0.15) is 0 Å². The number of aryl methyl sites for hydroxylation is 1. The monoisotopic (exact) mass is 460 g/mol. The standard InChI is InChI=1S/C27H32N4O3/c1-2-3-9-16-31-26(33)23-13-8-7-12-22(23)24(29-31)27(34)30-17-14-21(15-18-30)25(32)28-19-20-10-5-4-6-11-20/h4-8,10-13,21H,2-3,9,14-19H2,1H3,(H,28,32). The van der Waals surface area contributed by atoms with Crippen molar-refractivity contribution < 1.29 is 9.59 Å². The van der Waals surface area contributed by atoms with Gasteiger partial charge in [0.25, 0.3) is 11.5 Å². The zero-order valence-electron chi connectivity index (χ0n) is 19.7. The number of unbranched alkanes of at least 4 members (excludes halogenated alkanes) is 2. The maximum absolute atomic E-state index is 13.4. The van der Waals surface area contributed by atoms with Gasteiger partial charge in [-0.2, -0.15) is 5.10 Å². The van der Waals surface area contributed by atoms with Gasteiger partial charge in [-0.1, -0.05) is 68.3 Å². The van der Waals surface area contributed by atoms with Crippen molar-refractivity contribution in [2.75, 3.05) is 13.1 Å². The third kappa shape index (κ3) is 5.35. The summed E-state index contributed by atoms with van der Waals surface area (Å²) in [6, 6.07) is 17.0. The molecule has 2 amide bonds. The van der Waals surface area contributed by atoms with Crippen LogP contribution in [0.5, 0.6) is 0 Å². The van der Waals surface area contributed by atoms with E-state index in [0.29, 0.717) is 55.5 Å². The Morgan fingerprint density at radius 3 is 2.35 bits per heavy atom. The second-order valence-corrected chi connectivity index (χ2v) is 8.90. The number of hydrogen-bond donors (Lipinski definition) is 1. The molecule has 34 heavy (non-hydrogen) atoms. The summed E-state index contributed by atoms with van der Waals surface area (Å²) in [5.41, 5.74) is 1.23. The Morgan fingerprint density at radius 1 is 0.971 bits per heavy atom. The summed E-state index contributed by atoms with van der Waals surface area (Å²) in [5, 5.41) is 8.62. The van der Waals surface area contributed by atoms with Crippen LogP contribution in [0.2, 0.25) is 0 Å². The van der Waals surface area contributed by atoms with E-state index in [0.717, 1.165) is 24.8 Å². The number of hydrogen-bond acceptors (Lipinski definition) is 4. The van der Waals surface area contributed by atoms with Crippen LogP contribution < -0.4 is 10.9 Å². The number of aromatic nitrogens is 2. The normalized spacial score (nSPS) is 14.3. The molecule has 1 saturated heterocycles. The van der Waals surface area contributed by atoms with E-state index < -0.39 is 0 Å². The van der Waals surface area contributed by atoms with E-state index >= 15 is 0 Å². The Balaban J connectivity index is 1.44. The van der Waals surface area contributed by atoms with Gasteiger partial charge >= 0.3 is 0 Å². The maximum Gasteiger partial charge on any atom is 0.274 e. The Hall–Kier alpha value is -3.48. The second-order valence-electron chi connectivity index (χ2n) is 8.90. The number of nitrogens with one attached hydrogen (secondary N) is 1. The van der Waals surface area contributed by atoms with E-state index in [4.69, 9.17) is 0 Å². The summed E-state index contributed by atoms with van der Waals surface area (Å²) in [7, 11) is 0. The lowest BCUT2D eigenvalue weighted by Crippen LogP contribution is -2.43. The molecule has 0 radical (unpaired) electrons. The fraction of sp³-hybridized carbons (Fsp3) is 0.407. The lowest BCUT2D eigenvalue weighted by molar-refractivity contribution is -0.126. The summed E-state index contributed by atoms with van der Waals surface area (Å²) >= 11 is 0. The number of rotatable bonds is 8. The molecule has 0 bridgehead atoms. The van der Waals surface area contributed by atoms with Crippen molar-refractivity contribution in [2.24, 2.45) is 5.92 Å². The summed E-state index contributed by atoms with van der Waals surface area (Å²) in [6.45, 7) is 4.10. The molecule has 178 valence electrons. The first-order valence-corrected chi connectivity index (χ1v) is 12.2. The summed E-state index contributed by atoms with van der Waals surface area (Å²) < 4.78 is 1.44. The number of carbonyl (C=O) groups excluding carboxylic acids is 2. The first-order valence-electron chi connectivity index (χ1n) is 12.2. The SMILES string of the molecule is CCCCCn1nc(C(=O)N2CCC(C(=O)NCc3ccccc3)CC2)c2ccccc2c1=O. The van der Waals surface area contributed by atoms with Crippen molar-refractivity contribution in [3.05, 3.63) is 76.2 Å². The molecule has 1 aliphatic rings. The Bertz CT molecular complexity index is 1200. The van der Waals surface area contributed by atoms with Crippen molar-refractivity contribution in [1.29, 1.82) is 0 Å². The molecule has 7 heteroatoms. The van der Waals surface area contributed by atoms with E-state index in [-0.39, 0.29) is 23.3 Å². The molecular weight excluding hydrogens is 428 g/mol. The Kier molecular flexibility index (Phi) is 7.72. The number of piperidine rings is 1. The van der Waals surface area contributed by atoms with Gasteiger partial charge in [0.15, 0.2) is 5.69 Å². The van der Waals surface area contributed by atoms with Crippen molar-refractivity contribution in [2.45, 2.75) is 52.1 Å².